The summed E-state index contributed by atoms with van der Waals surface area (Å²) in [5, 5.41) is 12.1. The van der Waals surface area contributed by atoms with Crippen LogP contribution in [0.2, 0.25) is 0 Å². The molecular weight excluding hydrogens is 282 g/mol. The van der Waals surface area contributed by atoms with Gasteiger partial charge in [-0.15, -0.1) is 11.8 Å². The van der Waals surface area contributed by atoms with Crippen LogP contribution in [-0.2, 0) is 17.6 Å². The number of likely N-dealkylation sites (N-methyl/N-ethyl adjacent to an activating group) is 1. The summed E-state index contributed by atoms with van der Waals surface area (Å²) in [6.07, 6.45) is 6.40. The molecule has 0 saturated carbocycles. The van der Waals surface area contributed by atoms with Crippen molar-refractivity contribution < 1.29 is 9.90 Å². The summed E-state index contributed by atoms with van der Waals surface area (Å²) in [6, 6.07) is 6.83. The van der Waals surface area contributed by atoms with Crippen molar-refractivity contribution >= 4 is 17.7 Å². The first kappa shape index (κ1) is 16.4. The minimum absolute atomic E-state index is 0.670. The van der Waals surface area contributed by atoms with Crippen LogP contribution in [0.25, 0.3) is 0 Å². The number of aliphatic carboxylic acids is 1. The number of thioether (sulfide) groups is 1. The fourth-order valence-electron chi connectivity index (χ4n) is 2.75. The molecule has 0 spiro atoms. The van der Waals surface area contributed by atoms with Crippen LogP contribution < -0.4 is 5.32 Å². The molecule has 1 aromatic rings. The minimum Gasteiger partial charge on any atom is -0.480 e. The van der Waals surface area contributed by atoms with E-state index in [1.807, 2.05) is 11.8 Å². The summed E-state index contributed by atoms with van der Waals surface area (Å²) in [5.74, 6) is 0.286. The van der Waals surface area contributed by atoms with Crippen LogP contribution >= 0.6 is 11.8 Å². The van der Waals surface area contributed by atoms with Gasteiger partial charge in [-0.2, -0.15) is 0 Å². The van der Waals surface area contributed by atoms with Gasteiger partial charge in [0.15, 0.2) is 0 Å². The smallest absolute Gasteiger partial charge is 0.323 e. The monoisotopic (exact) mass is 307 g/mol. The lowest BCUT2D eigenvalue weighted by Gasteiger charge is -2.23. The van der Waals surface area contributed by atoms with Crippen molar-refractivity contribution in [3.63, 3.8) is 0 Å². The Morgan fingerprint density at radius 3 is 2.81 bits per heavy atom. The Bertz CT molecular complexity index is 504. The number of rotatable bonds is 8. The minimum atomic E-state index is -0.793. The number of benzene rings is 1. The molecule has 1 unspecified atom stereocenters. The average molecular weight is 307 g/mol. The third-order valence-corrected chi connectivity index (χ3v) is 5.51. The lowest BCUT2D eigenvalue weighted by Crippen LogP contribution is -2.47. The second kappa shape index (κ2) is 7.32. The molecule has 3 nitrogen and oxygen atoms in total. The van der Waals surface area contributed by atoms with Crippen molar-refractivity contribution in [3.8, 4) is 0 Å². The molecule has 1 aliphatic rings. The second-order valence-corrected chi connectivity index (χ2v) is 7.15. The first-order valence-electron chi connectivity index (χ1n) is 7.72. The lowest BCUT2D eigenvalue weighted by atomic mass is 9.95. The quantitative estimate of drug-likeness (QED) is 0.570. The summed E-state index contributed by atoms with van der Waals surface area (Å²) in [6.45, 7) is 1.75. The third-order valence-electron chi connectivity index (χ3n) is 4.43. The summed E-state index contributed by atoms with van der Waals surface area (Å²) in [5.41, 5.74) is 2.25. The van der Waals surface area contributed by atoms with Crippen LogP contribution in [0.3, 0.4) is 0 Å². The van der Waals surface area contributed by atoms with Crippen molar-refractivity contribution in [2.45, 2.75) is 55.9 Å². The van der Waals surface area contributed by atoms with Gasteiger partial charge in [0.05, 0.1) is 0 Å². The molecule has 1 atom stereocenters. The molecule has 0 heterocycles. The van der Waals surface area contributed by atoms with Gasteiger partial charge in [-0.25, -0.2) is 0 Å². The van der Waals surface area contributed by atoms with E-state index in [0.29, 0.717) is 6.42 Å². The molecule has 116 valence electrons. The van der Waals surface area contributed by atoms with Crippen LogP contribution in [0.4, 0.5) is 0 Å². The molecule has 0 radical (unpaired) electrons. The van der Waals surface area contributed by atoms with Crippen molar-refractivity contribution in [2.24, 2.45) is 0 Å². The maximum atomic E-state index is 11.2. The summed E-state index contributed by atoms with van der Waals surface area (Å²) < 4.78 is 0. The zero-order valence-electron chi connectivity index (χ0n) is 12.9. The van der Waals surface area contributed by atoms with Crippen molar-refractivity contribution in [1.29, 1.82) is 0 Å². The first-order valence-corrected chi connectivity index (χ1v) is 8.70. The highest BCUT2D eigenvalue weighted by Gasteiger charge is 2.29. The topological polar surface area (TPSA) is 49.3 Å². The van der Waals surface area contributed by atoms with Gasteiger partial charge in [-0.1, -0.05) is 12.5 Å². The highest BCUT2D eigenvalue weighted by Crippen LogP contribution is 2.28. The largest absolute Gasteiger partial charge is 0.480 e. The van der Waals surface area contributed by atoms with E-state index in [-0.39, 0.29) is 0 Å². The standard InChI is InChI=1S/C17H25NO2S/c1-17(18-2,16(19)20)10-3-4-11-21-15-9-8-13-6-5-7-14(13)12-15/h8-9,12,18H,3-7,10-11H2,1-2H3,(H,19,20). The Labute approximate surface area is 131 Å². The Balaban J connectivity index is 1.72. The molecule has 4 heteroatoms. The van der Waals surface area contributed by atoms with E-state index in [4.69, 9.17) is 0 Å². The van der Waals surface area contributed by atoms with E-state index >= 15 is 0 Å². The highest BCUT2D eigenvalue weighted by atomic mass is 32.2. The molecule has 0 fully saturated rings. The van der Waals surface area contributed by atoms with E-state index in [9.17, 15) is 9.90 Å². The number of aryl methyl sites for hydroxylation is 2. The fraction of sp³-hybridized carbons (Fsp3) is 0.588. The molecule has 0 bridgehead atoms. The summed E-state index contributed by atoms with van der Waals surface area (Å²) in [4.78, 5) is 12.5. The predicted molar refractivity (Wildman–Crippen MR) is 88.1 cm³/mol. The Morgan fingerprint density at radius 1 is 1.33 bits per heavy atom. The Morgan fingerprint density at radius 2 is 2.10 bits per heavy atom. The van der Waals surface area contributed by atoms with Crippen LogP contribution in [0.15, 0.2) is 23.1 Å². The average Bonchev–Trinajstić information content (AvgIpc) is 2.94. The maximum absolute atomic E-state index is 11.2. The van der Waals surface area contributed by atoms with Gasteiger partial charge in [-0.3, -0.25) is 4.79 Å². The summed E-state index contributed by atoms with van der Waals surface area (Å²) in [7, 11) is 1.72. The molecular formula is C17H25NO2S. The van der Waals surface area contributed by atoms with Gasteiger partial charge in [0, 0.05) is 4.90 Å². The number of hydrogen-bond donors (Lipinski definition) is 2. The third kappa shape index (κ3) is 4.24. The van der Waals surface area contributed by atoms with Crippen molar-refractivity contribution in [1.82, 2.24) is 5.32 Å². The van der Waals surface area contributed by atoms with Gasteiger partial charge in [0.25, 0.3) is 0 Å². The molecule has 2 rings (SSSR count). The molecule has 0 aromatic heterocycles. The number of carboxylic acid groups (broad SMARTS) is 1. The van der Waals surface area contributed by atoms with Gasteiger partial charge in [0.2, 0.25) is 0 Å². The zero-order valence-corrected chi connectivity index (χ0v) is 13.8. The molecule has 1 aromatic carbocycles. The first-order chi connectivity index (χ1) is 10.0. The van der Waals surface area contributed by atoms with E-state index in [1.54, 1.807) is 14.0 Å². The number of carboxylic acids is 1. The predicted octanol–water partition coefficient (Wildman–Crippen LogP) is 3.50. The van der Waals surface area contributed by atoms with Crippen LogP contribution in [0.1, 0.15) is 43.7 Å². The number of carbonyl (C=O) groups is 1. The summed E-state index contributed by atoms with van der Waals surface area (Å²) >= 11 is 1.89. The second-order valence-electron chi connectivity index (χ2n) is 5.98. The molecule has 0 aliphatic heterocycles. The van der Waals surface area contributed by atoms with Crippen molar-refractivity contribution in [3.05, 3.63) is 29.3 Å². The van der Waals surface area contributed by atoms with Crippen molar-refractivity contribution in [2.75, 3.05) is 12.8 Å². The zero-order chi connectivity index (χ0) is 15.3. The van der Waals surface area contributed by atoms with Gasteiger partial charge >= 0.3 is 5.97 Å². The number of nitrogens with one attached hydrogen (secondary N) is 1. The van der Waals surface area contributed by atoms with E-state index in [0.717, 1.165) is 18.6 Å². The van der Waals surface area contributed by atoms with Gasteiger partial charge in [-0.05, 0) is 75.1 Å². The van der Waals surface area contributed by atoms with E-state index in [1.165, 1.54) is 35.3 Å². The van der Waals surface area contributed by atoms with Crippen LogP contribution in [0, 0.1) is 0 Å². The van der Waals surface area contributed by atoms with Gasteiger partial charge < -0.3 is 10.4 Å². The molecule has 1 aliphatic carbocycles. The molecule has 2 N–H and O–H groups in total. The fourth-order valence-corrected chi connectivity index (χ4v) is 3.72. The van der Waals surface area contributed by atoms with Crippen LogP contribution in [-0.4, -0.2) is 29.4 Å². The Kier molecular flexibility index (Phi) is 5.71. The maximum Gasteiger partial charge on any atom is 0.323 e. The highest BCUT2D eigenvalue weighted by molar-refractivity contribution is 7.99. The molecule has 0 saturated heterocycles. The van der Waals surface area contributed by atoms with Gasteiger partial charge in [0.1, 0.15) is 5.54 Å². The SMILES string of the molecule is CNC(C)(CCCCSc1ccc2c(c1)CCC2)C(=O)O. The van der Waals surface area contributed by atoms with E-state index in [2.05, 4.69) is 23.5 Å². The molecule has 21 heavy (non-hydrogen) atoms. The van der Waals surface area contributed by atoms with Crippen LogP contribution in [0.5, 0.6) is 0 Å². The number of unbranched alkanes of at least 4 members (excludes halogenated alkanes) is 1. The Hall–Kier alpha value is -1.00. The number of hydrogen-bond acceptors (Lipinski definition) is 3. The molecule has 0 amide bonds. The lowest BCUT2D eigenvalue weighted by molar-refractivity contribution is -0.144. The number of fused-ring (bicyclic) bond motifs is 1. The van der Waals surface area contributed by atoms with E-state index < -0.39 is 11.5 Å². The normalized spacial score (nSPS) is 16.5.